The molecule has 0 radical (unpaired) electrons. The van der Waals surface area contributed by atoms with Crippen molar-refractivity contribution in [1.29, 1.82) is 0 Å². The molecule has 0 aromatic heterocycles. The van der Waals surface area contributed by atoms with Gasteiger partial charge < -0.3 is 14.8 Å². The minimum Gasteiger partial charge on any atom is -0.481 e. The maximum absolute atomic E-state index is 12.5. The van der Waals surface area contributed by atoms with Crippen LogP contribution in [-0.4, -0.2) is 12.0 Å². The number of amides is 1. The number of hydrogen-bond donors (Lipinski definition) is 1. The number of anilines is 1. The summed E-state index contributed by atoms with van der Waals surface area (Å²) in [5, 5.41) is 3.89. The summed E-state index contributed by atoms with van der Waals surface area (Å²) in [5.41, 5.74) is 0.461. The average molecular weight is 402 g/mol. The molecule has 138 valence electrons. The van der Waals surface area contributed by atoms with E-state index in [0.717, 1.165) is 0 Å². The fourth-order valence-corrected chi connectivity index (χ4v) is 2.61. The summed E-state index contributed by atoms with van der Waals surface area (Å²) in [6, 6.07) is 21.1. The predicted molar refractivity (Wildman–Crippen MR) is 108 cm³/mol. The zero-order valence-electron chi connectivity index (χ0n) is 14.5. The highest BCUT2D eigenvalue weighted by Gasteiger charge is 2.17. The van der Waals surface area contributed by atoms with Crippen molar-refractivity contribution in [3.8, 4) is 17.2 Å². The largest absolute Gasteiger partial charge is 0.481 e. The lowest BCUT2D eigenvalue weighted by Crippen LogP contribution is -2.30. The summed E-state index contributed by atoms with van der Waals surface area (Å²) in [5.74, 6) is 1.36. The van der Waals surface area contributed by atoms with Gasteiger partial charge in [-0.15, -0.1) is 0 Å². The standard InChI is InChI=1S/C21H17Cl2NO3/c1-14(26-18-10-7-15(22)8-11-18)21(25)24-19-13-16(23)9-12-20(19)27-17-5-3-2-4-6-17/h2-14H,1H3,(H,24,25)/t14-/m0/s1. The van der Waals surface area contributed by atoms with Gasteiger partial charge in [-0.3, -0.25) is 4.79 Å². The van der Waals surface area contributed by atoms with Crippen LogP contribution in [0.2, 0.25) is 10.0 Å². The lowest BCUT2D eigenvalue weighted by Gasteiger charge is -2.17. The number of carbonyl (C=O) groups excluding carboxylic acids is 1. The number of benzene rings is 3. The molecular formula is C21H17Cl2NO3. The van der Waals surface area contributed by atoms with E-state index in [0.29, 0.717) is 33.0 Å². The first kappa shape index (κ1) is 19.1. The van der Waals surface area contributed by atoms with Gasteiger partial charge in [0.1, 0.15) is 11.5 Å². The number of ether oxygens (including phenoxy) is 2. The van der Waals surface area contributed by atoms with Crippen LogP contribution in [0.1, 0.15) is 6.92 Å². The summed E-state index contributed by atoms with van der Waals surface area (Å²) in [7, 11) is 0. The molecule has 0 fully saturated rings. The number of para-hydroxylation sites is 1. The molecule has 0 unspecified atom stereocenters. The molecule has 0 heterocycles. The Hall–Kier alpha value is -2.69. The van der Waals surface area contributed by atoms with Crippen molar-refractivity contribution in [1.82, 2.24) is 0 Å². The number of rotatable bonds is 6. The zero-order chi connectivity index (χ0) is 19.2. The van der Waals surface area contributed by atoms with Crippen LogP contribution < -0.4 is 14.8 Å². The fraction of sp³-hybridized carbons (Fsp3) is 0.0952. The monoisotopic (exact) mass is 401 g/mol. The second-order valence-corrected chi connectivity index (χ2v) is 6.63. The molecule has 3 aromatic rings. The van der Waals surface area contributed by atoms with Crippen molar-refractivity contribution in [2.24, 2.45) is 0 Å². The summed E-state index contributed by atoms with van der Waals surface area (Å²) in [4.78, 5) is 12.5. The van der Waals surface area contributed by atoms with Gasteiger partial charge >= 0.3 is 0 Å². The number of nitrogens with one attached hydrogen (secondary N) is 1. The van der Waals surface area contributed by atoms with Crippen LogP contribution in [0.3, 0.4) is 0 Å². The van der Waals surface area contributed by atoms with Crippen molar-refractivity contribution >= 4 is 34.8 Å². The Kier molecular flexibility index (Phi) is 6.22. The maximum atomic E-state index is 12.5. The van der Waals surface area contributed by atoms with Gasteiger partial charge in [-0.2, -0.15) is 0 Å². The van der Waals surface area contributed by atoms with Crippen LogP contribution in [0.15, 0.2) is 72.8 Å². The molecule has 27 heavy (non-hydrogen) atoms. The molecule has 3 aromatic carbocycles. The van der Waals surface area contributed by atoms with Gasteiger partial charge in [0.25, 0.3) is 5.91 Å². The minimum absolute atomic E-state index is 0.329. The number of hydrogen-bond acceptors (Lipinski definition) is 3. The molecule has 0 aliphatic rings. The Morgan fingerprint density at radius 3 is 2.26 bits per heavy atom. The molecular weight excluding hydrogens is 385 g/mol. The Morgan fingerprint density at radius 2 is 1.56 bits per heavy atom. The first-order valence-corrected chi connectivity index (χ1v) is 9.02. The first-order valence-electron chi connectivity index (χ1n) is 8.27. The zero-order valence-corrected chi connectivity index (χ0v) is 16.0. The van der Waals surface area contributed by atoms with E-state index in [1.54, 1.807) is 49.4 Å². The smallest absolute Gasteiger partial charge is 0.265 e. The summed E-state index contributed by atoms with van der Waals surface area (Å²) in [6.07, 6.45) is -0.727. The van der Waals surface area contributed by atoms with Crippen LogP contribution in [0.25, 0.3) is 0 Å². The van der Waals surface area contributed by atoms with Crippen LogP contribution in [-0.2, 0) is 4.79 Å². The van der Waals surface area contributed by atoms with Crippen LogP contribution in [0.5, 0.6) is 17.2 Å². The first-order chi connectivity index (χ1) is 13.0. The lowest BCUT2D eigenvalue weighted by atomic mass is 10.2. The van der Waals surface area contributed by atoms with E-state index in [4.69, 9.17) is 32.7 Å². The predicted octanol–water partition coefficient (Wildman–Crippen LogP) is 6.19. The second-order valence-electron chi connectivity index (χ2n) is 5.76. The maximum Gasteiger partial charge on any atom is 0.265 e. The third-order valence-corrected chi connectivity index (χ3v) is 4.15. The van der Waals surface area contributed by atoms with Gasteiger partial charge in [0.05, 0.1) is 5.69 Å². The van der Waals surface area contributed by atoms with Gasteiger partial charge in [0.2, 0.25) is 0 Å². The summed E-state index contributed by atoms with van der Waals surface area (Å²) >= 11 is 11.9. The molecule has 3 rings (SSSR count). The lowest BCUT2D eigenvalue weighted by molar-refractivity contribution is -0.122. The fourth-order valence-electron chi connectivity index (χ4n) is 2.31. The van der Waals surface area contributed by atoms with Crippen molar-refractivity contribution in [3.63, 3.8) is 0 Å². The van der Waals surface area contributed by atoms with Gasteiger partial charge in [-0.25, -0.2) is 0 Å². The normalized spacial score (nSPS) is 11.5. The third kappa shape index (κ3) is 5.39. The molecule has 1 N–H and O–H groups in total. The van der Waals surface area contributed by atoms with E-state index in [2.05, 4.69) is 5.32 Å². The third-order valence-electron chi connectivity index (χ3n) is 3.67. The Morgan fingerprint density at radius 1 is 0.889 bits per heavy atom. The molecule has 1 atom stereocenters. The second kappa shape index (κ2) is 8.80. The van der Waals surface area contributed by atoms with E-state index < -0.39 is 6.10 Å². The van der Waals surface area contributed by atoms with Gasteiger partial charge in [-0.05, 0) is 61.5 Å². The van der Waals surface area contributed by atoms with Crippen molar-refractivity contribution in [3.05, 3.63) is 82.8 Å². The minimum atomic E-state index is -0.727. The van der Waals surface area contributed by atoms with Crippen molar-refractivity contribution < 1.29 is 14.3 Å². The van der Waals surface area contributed by atoms with Gasteiger partial charge in [-0.1, -0.05) is 41.4 Å². The van der Waals surface area contributed by atoms with Gasteiger partial charge in [0.15, 0.2) is 11.9 Å². The molecule has 4 nitrogen and oxygen atoms in total. The molecule has 6 heteroatoms. The molecule has 1 amide bonds. The van der Waals surface area contributed by atoms with Crippen LogP contribution in [0, 0.1) is 0 Å². The Labute approximate surface area is 167 Å². The van der Waals surface area contributed by atoms with Crippen LogP contribution in [0.4, 0.5) is 5.69 Å². The van der Waals surface area contributed by atoms with E-state index >= 15 is 0 Å². The summed E-state index contributed by atoms with van der Waals surface area (Å²) < 4.78 is 11.5. The van der Waals surface area contributed by atoms with E-state index in [9.17, 15) is 4.79 Å². The van der Waals surface area contributed by atoms with Crippen LogP contribution >= 0.6 is 23.2 Å². The topological polar surface area (TPSA) is 47.6 Å². The number of halogens is 2. The SMILES string of the molecule is C[C@H](Oc1ccc(Cl)cc1)C(=O)Nc1cc(Cl)ccc1Oc1ccccc1. The van der Waals surface area contributed by atoms with Crippen molar-refractivity contribution in [2.75, 3.05) is 5.32 Å². The number of carbonyl (C=O) groups is 1. The molecule has 0 spiro atoms. The highest BCUT2D eigenvalue weighted by molar-refractivity contribution is 6.31. The van der Waals surface area contributed by atoms with E-state index in [-0.39, 0.29) is 5.91 Å². The average Bonchev–Trinajstić information content (AvgIpc) is 2.66. The Bertz CT molecular complexity index is 914. The van der Waals surface area contributed by atoms with Crippen molar-refractivity contribution in [2.45, 2.75) is 13.0 Å². The summed E-state index contributed by atoms with van der Waals surface area (Å²) in [6.45, 7) is 1.66. The highest BCUT2D eigenvalue weighted by Crippen LogP contribution is 2.32. The molecule has 0 saturated carbocycles. The Balaban J connectivity index is 1.72. The van der Waals surface area contributed by atoms with E-state index in [1.165, 1.54) is 0 Å². The van der Waals surface area contributed by atoms with E-state index in [1.807, 2.05) is 30.3 Å². The molecule has 0 saturated heterocycles. The molecule has 0 aliphatic heterocycles. The quantitative estimate of drug-likeness (QED) is 0.535. The molecule has 0 bridgehead atoms. The molecule has 0 aliphatic carbocycles. The van der Waals surface area contributed by atoms with Gasteiger partial charge in [0, 0.05) is 10.0 Å². The highest BCUT2D eigenvalue weighted by atomic mass is 35.5.